The van der Waals surface area contributed by atoms with Gasteiger partial charge in [-0.15, -0.1) is 0 Å². The SMILES string of the molecule is COCCc1nc(C(c2ccccc2)C2CCCC2)n[nH]1. The highest BCUT2D eigenvalue weighted by Crippen LogP contribution is 2.40. The molecule has 0 amide bonds. The first-order valence-electron chi connectivity index (χ1n) is 7.83. The topological polar surface area (TPSA) is 50.8 Å². The number of aromatic amines is 1. The summed E-state index contributed by atoms with van der Waals surface area (Å²) in [4.78, 5) is 4.72. The van der Waals surface area contributed by atoms with Crippen LogP contribution in [-0.2, 0) is 11.2 Å². The second kappa shape index (κ2) is 6.85. The van der Waals surface area contributed by atoms with Crippen molar-refractivity contribution in [3.05, 3.63) is 47.5 Å². The van der Waals surface area contributed by atoms with Gasteiger partial charge < -0.3 is 4.74 Å². The van der Waals surface area contributed by atoms with E-state index in [0.717, 1.165) is 18.1 Å². The molecule has 1 heterocycles. The number of rotatable bonds is 6. The van der Waals surface area contributed by atoms with E-state index in [9.17, 15) is 0 Å². The van der Waals surface area contributed by atoms with Crippen LogP contribution in [0, 0.1) is 5.92 Å². The molecule has 112 valence electrons. The minimum absolute atomic E-state index is 0.321. The molecule has 0 radical (unpaired) electrons. The lowest BCUT2D eigenvalue weighted by molar-refractivity contribution is 0.200. The summed E-state index contributed by atoms with van der Waals surface area (Å²) in [6, 6.07) is 10.7. The molecule has 1 aromatic carbocycles. The van der Waals surface area contributed by atoms with Crippen LogP contribution in [0.25, 0.3) is 0 Å². The Labute approximate surface area is 125 Å². The summed E-state index contributed by atoms with van der Waals surface area (Å²) < 4.78 is 5.11. The van der Waals surface area contributed by atoms with Crippen LogP contribution in [0.15, 0.2) is 30.3 Å². The fraction of sp³-hybridized carbons (Fsp3) is 0.529. The summed E-state index contributed by atoms with van der Waals surface area (Å²) in [6.07, 6.45) is 6.00. The van der Waals surface area contributed by atoms with E-state index in [1.165, 1.54) is 31.2 Å². The lowest BCUT2D eigenvalue weighted by Crippen LogP contribution is -2.13. The summed E-state index contributed by atoms with van der Waals surface area (Å²) >= 11 is 0. The molecular formula is C17H23N3O. The van der Waals surface area contributed by atoms with Gasteiger partial charge >= 0.3 is 0 Å². The van der Waals surface area contributed by atoms with E-state index in [-0.39, 0.29) is 0 Å². The molecule has 4 nitrogen and oxygen atoms in total. The number of hydrogen-bond donors (Lipinski definition) is 1. The van der Waals surface area contributed by atoms with Gasteiger partial charge in [0.1, 0.15) is 5.82 Å². The normalized spacial score (nSPS) is 17.2. The van der Waals surface area contributed by atoms with Gasteiger partial charge in [0.2, 0.25) is 0 Å². The molecule has 1 unspecified atom stereocenters. The number of ether oxygens (including phenoxy) is 1. The summed E-state index contributed by atoms with van der Waals surface area (Å²) in [5.74, 6) is 2.85. The first kappa shape index (κ1) is 14.3. The molecule has 3 rings (SSSR count). The quantitative estimate of drug-likeness (QED) is 0.886. The number of aromatic nitrogens is 3. The monoisotopic (exact) mass is 285 g/mol. The van der Waals surface area contributed by atoms with Gasteiger partial charge in [0.25, 0.3) is 0 Å². The molecule has 0 aliphatic heterocycles. The Morgan fingerprint density at radius 1 is 1.24 bits per heavy atom. The van der Waals surface area contributed by atoms with Gasteiger partial charge in [-0.05, 0) is 24.3 Å². The molecular weight excluding hydrogens is 262 g/mol. The number of nitrogens with one attached hydrogen (secondary N) is 1. The van der Waals surface area contributed by atoms with E-state index < -0.39 is 0 Å². The van der Waals surface area contributed by atoms with Crippen molar-refractivity contribution in [2.75, 3.05) is 13.7 Å². The average molecular weight is 285 g/mol. The zero-order valence-electron chi connectivity index (χ0n) is 12.6. The number of methoxy groups -OCH3 is 1. The van der Waals surface area contributed by atoms with Crippen LogP contribution < -0.4 is 0 Å². The van der Waals surface area contributed by atoms with Crippen LogP contribution in [0.4, 0.5) is 0 Å². The lowest BCUT2D eigenvalue weighted by atomic mass is 9.84. The van der Waals surface area contributed by atoms with Crippen molar-refractivity contribution >= 4 is 0 Å². The Kier molecular flexibility index (Phi) is 4.65. The van der Waals surface area contributed by atoms with Crippen molar-refractivity contribution in [1.29, 1.82) is 0 Å². The highest BCUT2D eigenvalue weighted by atomic mass is 16.5. The van der Waals surface area contributed by atoms with Gasteiger partial charge in [0.05, 0.1) is 6.61 Å². The molecule has 1 atom stereocenters. The number of H-pyrrole nitrogens is 1. The minimum Gasteiger partial charge on any atom is -0.384 e. The molecule has 2 aromatic rings. The zero-order valence-corrected chi connectivity index (χ0v) is 12.6. The Hall–Kier alpha value is -1.68. The zero-order chi connectivity index (χ0) is 14.5. The highest BCUT2D eigenvalue weighted by molar-refractivity contribution is 5.26. The minimum atomic E-state index is 0.321. The predicted octanol–water partition coefficient (Wildman–Crippen LogP) is 3.32. The van der Waals surface area contributed by atoms with Crippen LogP contribution in [0.1, 0.15) is 48.8 Å². The Morgan fingerprint density at radius 2 is 2.00 bits per heavy atom. The maximum absolute atomic E-state index is 5.11. The Balaban J connectivity index is 1.86. The summed E-state index contributed by atoms with van der Waals surface area (Å²) in [5, 5.41) is 7.57. The third-order valence-electron chi connectivity index (χ3n) is 4.40. The van der Waals surface area contributed by atoms with Gasteiger partial charge in [-0.3, -0.25) is 5.10 Å². The summed E-state index contributed by atoms with van der Waals surface area (Å²) in [7, 11) is 1.71. The van der Waals surface area contributed by atoms with Crippen molar-refractivity contribution in [2.24, 2.45) is 5.92 Å². The summed E-state index contributed by atoms with van der Waals surface area (Å²) in [6.45, 7) is 0.675. The molecule has 1 N–H and O–H groups in total. The van der Waals surface area contributed by atoms with E-state index in [0.29, 0.717) is 18.4 Å². The molecule has 4 heteroatoms. The van der Waals surface area contributed by atoms with Gasteiger partial charge in [0.15, 0.2) is 5.82 Å². The second-order valence-electron chi connectivity index (χ2n) is 5.82. The predicted molar refractivity (Wildman–Crippen MR) is 82.2 cm³/mol. The maximum atomic E-state index is 5.11. The van der Waals surface area contributed by atoms with E-state index in [4.69, 9.17) is 9.72 Å². The molecule has 0 spiro atoms. The average Bonchev–Trinajstić information content (AvgIpc) is 3.19. The van der Waals surface area contributed by atoms with E-state index in [1.807, 2.05) is 0 Å². The van der Waals surface area contributed by atoms with Crippen molar-refractivity contribution < 1.29 is 4.74 Å². The smallest absolute Gasteiger partial charge is 0.158 e. The van der Waals surface area contributed by atoms with Crippen molar-refractivity contribution in [2.45, 2.75) is 38.0 Å². The summed E-state index contributed by atoms with van der Waals surface area (Å²) in [5.41, 5.74) is 1.33. The van der Waals surface area contributed by atoms with Crippen LogP contribution >= 0.6 is 0 Å². The maximum Gasteiger partial charge on any atom is 0.158 e. The standard InChI is InChI=1S/C17H23N3O/c1-21-12-11-15-18-17(20-19-15)16(14-9-5-6-10-14)13-7-3-2-4-8-13/h2-4,7-8,14,16H,5-6,9-12H2,1H3,(H,18,19,20). The third kappa shape index (κ3) is 3.32. The lowest BCUT2D eigenvalue weighted by Gasteiger charge is -2.21. The van der Waals surface area contributed by atoms with Crippen molar-refractivity contribution in [1.82, 2.24) is 15.2 Å². The van der Waals surface area contributed by atoms with Crippen LogP contribution in [0.2, 0.25) is 0 Å². The second-order valence-corrected chi connectivity index (χ2v) is 5.82. The molecule has 1 aliphatic rings. The molecule has 0 bridgehead atoms. The highest BCUT2D eigenvalue weighted by Gasteiger charge is 2.30. The van der Waals surface area contributed by atoms with E-state index in [2.05, 4.69) is 40.5 Å². The van der Waals surface area contributed by atoms with Crippen LogP contribution in [-0.4, -0.2) is 28.9 Å². The number of hydrogen-bond acceptors (Lipinski definition) is 3. The van der Waals surface area contributed by atoms with Gasteiger partial charge in [-0.2, -0.15) is 5.10 Å². The molecule has 0 saturated heterocycles. The Morgan fingerprint density at radius 3 is 2.71 bits per heavy atom. The van der Waals surface area contributed by atoms with E-state index >= 15 is 0 Å². The fourth-order valence-electron chi connectivity index (χ4n) is 3.34. The van der Waals surface area contributed by atoms with E-state index in [1.54, 1.807) is 7.11 Å². The van der Waals surface area contributed by atoms with Gasteiger partial charge in [0, 0.05) is 19.4 Å². The first-order chi connectivity index (χ1) is 10.4. The number of benzene rings is 1. The van der Waals surface area contributed by atoms with Gasteiger partial charge in [-0.1, -0.05) is 43.2 Å². The fourth-order valence-corrected chi connectivity index (χ4v) is 3.34. The Bertz CT molecular complexity index is 546. The number of nitrogens with zero attached hydrogens (tertiary/aromatic N) is 2. The van der Waals surface area contributed by atoms with Crippen LogP contribution in [0.3, 0.4) is 0 Å². The third-order valence-corrected chi connectivity index (χ3v) is 4.40. The molecule has 1 fully saturated rings. The van der Waals surface area contributed by atoms with Gasteiger partial charge in [-0.25, -0.2) is 4.98 Å². The van der Waals surface area contributed by atoms with Crippen LogP contribution in [0.5, 0.6) is 0 Å². The van der Waals surface area contributed by atoms with Crippen molar-refractivity contribution in [3.8, 4) is 0 Å². The molecule has 1 saturated carbocycles. The molecule has 1 aromatic heterocycles. The van der Waals surface area contributed by atoms with Crippen molar-refractivity contribution in [3.63, 3.8) is 0 Å². The molecule has 21 heavy (non-hydrogen) atoms. The molecule has 1 aliphatic carbocycles. The largest absolute Gasteiger partial charge is 0.384 e. The first-order valence-corrected chi connectivity index (χ1v) is 7.83.